The van der Waals surface area contributed by atoms with Gasteiger partial charge in [-0.25, -0.2) is 4.98 Å². The van der Waals surface area contributed by atoms with E-state index in [0.29, 0.717) is 0 Å². The van der Waals surface area contributed by atoms with Crippen molar-refractivity contribution in [3.8, 4) is 0 Å². The van der Waals surface area contributed by atoms with Crippen molar-refractivity contribution in [1.29, 1.82) is 0 Å². The molecule has 1 saturated heterocycles. The van der Waals surface area contributed by atoms with Crippen LogP contribution in [0.1, 0.15) is 18.7 Å². The number of nitrogens with one attached hydrogen (secondary N) is 1. The predicted octanol–water partition coefficient (Wildman–Crippen LogP) is 2.76. The Labute approximate surface area is 108 Å². The molecule has 1 aromatic heterocycles. The van der Waals surface area contributed by atoms with Crippen LogP contribution in [0.15, 0.2) is 18.2 Å². The third-order valence-electron chi connectivity index (χ3n) is 3.07. The fraction of sp³-hybridized carbons (Fsp3) is 0.417. The summed E-state index contributed by atoms with van der Waals surface area (Å²) in [4.78, 5) is 10.5. The zero-order valence-electron chi connectivity index (χ0n) is 9.04. The van der Waals surface area contributed by atoms with Crippen molar-refractivity contribution < 1.29 is 0 Å². The minimum atomic E-state index is 0.964. The highest BCUT2D eigenvalue weighted by atomic mass is 127. The summed E-state index contributed by atoms with van der Waals surface area (Å²) in [5.74, 6) is 1.10. The van der Waals surface area contributed by atoms with E-state index in [2.05, 4.69) is 55.7 Å². The van der Waals surface area contributed by atoms with Crippen LogP contribution in [0.5, 0.6) is 0 Å². The minimum absolute atomic E-state index is 0.964. The molecule has 3 rings (SSSR count). The highest BCUT2D eigenvalue weighted by Crippen LogP contribution is 2.17. The molecule has 1 fully saturated rings. The molecule has 0 unspecified atom stereocenters. The maximum absolute atomic E-state index is 4.62. The molecule has 2 heterocycles. The Morgan fingerprint density at radius 1 is 1.31 bits per heavy atom. The second-order valence-electron chi connectivity index (χ2n) is 4.33. The molecule has 0 atom stereocenters. The number of likely N-dealkylation sites (tertiary alicyclic amines) is 1. The molecule has 16 heavy (non-hydrogen) atoms. The summed E-state index contributed by atoms with van der Waals surface area (Å²) in [6, 6.07) is 6.33. The first-order valence-corrected chi connectivity index (χ1v) is 6.76. The standard InChI is InChI=1S/C12H14IN3/c13-9-3-4-10-11(7-9)15-12(14-10)8-16-5-1-2-6-16/h3-4,7H,1-2,5-6,8H2,(H,14,15). The van der Waals surface area contributed by atoms with E-state index in [9.17, 15) is 0 Å². The van der Waals surface area contributed by atoms with Crippen molar-refractivity contribution in [2.24, 2.45) is 0 Å². The number of hydrogen-bond donors (Lipinski definition) is 1. The number of nitrogens with zero attached hydrogens (tertiary/aromatic N) is 2. The number of imidazole rings is 1. The van der Waals surface area contributed by atoms with Crippen LogP contribution in [0.25, 0.3) is 11.0 Å². The van der Waals surface area contributed by atoms with E-state index >= 15 is 0 Å². The quantitative estimate of drug-likeness (QED) is 0.860. The van der Waals surface area contributed by atoms with Crippen LogP contribution in [-0.2, 0) is 6.54 Å². The van der Waals surface area contributed by atoms with Gasteiger partial charge in [0.15, 0.2) is 0 Å². The van der Waals surface area contributed by atoms with E-state index in [1.807, 2.05) is 0 Å². The largest absolute Gasteiger partial charge is 0.341 e. The third-order valence-corrected chi connectivity index (χ3v) is 3.74. The number of rotatable bonds is 2. The molecule has 0 amide bonds. The zero-order chi connectivity index (χ0) is 11.0. The summed E-state index contributed by atoms with van der Waals surface area (Å²) in [5.41, 5.74) is 2.23. The smallest absolute Gasteiger partial charge is 0.121 e. The summed E-state index contributed by atoms with van der Waals surface area (Å²) >= 11 is 2.33. The Kier molecular flexibility index (Phi) is 2.85. The lowest BCUT2D eigenvalue weighted by Crippen LogP contribution is -2.19. The second-order valence-corrected chi connectivity index (χ2v) is 5.57. The lowest BCUT2D eigenvalue weighted by atomic mass is 10.3. The molecule has 84 valence electrons. The molecule has 0 radical (unpaired) electrons. The van der Waals surface area contributed by atoms with E-state index < -0.39 is 0 Å². The van der Waals surface area contributed by atoms with Crippen LogP contribution in [-0.4, -0.2) is 28.0 Å². The van der Waals surface area contributed by atoms with Crippen LogP contribution < -0.4 is 0 Å². The van der Waals surface area contributed by atoms with Crippen LogP contribution >= 0.6 is 22.6 Å². The van der Waals surface area contributed by atoms with Crippen LogP contribution in [0.2, 0.25) is 0 Å². The van der Waals surface area contributed by atoms with Crippen molar-refractivity contribution >= 4 is 33.6 Å². The number of aromatic nitrogens is 2. The third kappa shape index (κ3) is 2.08. The van der Waals surface area contributed by atoms with E-state index in [-0.39, 0.29) is 0 Å². The molecular formula is C12H14IN3. The van der Waals surface area contributed by atoms with Gasteiger partial charge in [0.2, 0.25) is 0 Å². The van der Waals surface area contributed by atoms with Gasteiger partial charge in [-0.3, -0.25) is 4.90 Å². The molecule has 1 N–H and O–H groups in total. The van der Waals surface area contributed by atoms with Gasteiger partial charge in [-0.15, -0.1) is 0 Å². The van der Waals surface area contributed by atoms with Gasteiger partial charge >= 0.3 is 0 Å². The van der Waals surface area contributed by atoms with Gasteiger partial charge in [-0.2, -0.15) is 0 Å². The number of fused-ring (bicyclic) bond motifs is 1. The average Bonchev–Trinajstić information content (AvgIpc) is 2.86. The zero-order valence-corrected chi connectivity index (χ0v) is 11.2. The summed E-state index contributed by atoms with van der Waals surface area (Å²) in [7, 11) is 0. The maximum atomic E-state index is 4.62. The lowest BCUT2D eigenvalue weighted by Gasteiger charge is -2.11. The van der Waals surface area contributed by atoms with Gasteiger partial charge in [-0.1, -0.05) is 0 Å². The number of aromatic amines is 1. The SMILES string of the molecule is Ic1ccc2nc(CN3CCCC3)[nH]c2c1. The van der Waals surface area contributed by atoms with Crippen LogP contribution in [0.4, 0.5) is 0 Å². The first-order valence-electron chi connectivity index (χ1n) is 5.68. The summed E-state index contributed by atoms with van der Waals surface area (Å²) < 4.78 is 1.25. The highest BCUT2D eigenvalue weighted by Gasteiger charge is 2.13. The second kappa shape index (κ2) is 4.33. The Morgan fingerprint density at radius 2 is 2.12 bits per heavy atom. The Morgan fingerprint density at radius 3 is 2.94 bits per heavy atom. The summed E-state index contributed by atoms with van der Waals surface area (Å²) in [6.07, 6.45) is 2.66. The minimum Gasteiger partial charge on any atom is -0.341 e. The first-order chi connectivity index (χ1) is 7.81. The Bertz CT molecular complexity index is 500. The normalized spacial score (nSPS) is 17.3. The van der Waals surface area contributed by atoms with Crippen molar-refractivity contribution in [2.45, 2.75) is 19.4 Å². The molecular weight excluding hydrogens is 313 g/mol. The Balaban J connectivity index is 1.86. The van der Waals surface area contributed by atoms with E-state index in [1.165, 1.54) is 29.5 Å². The lowest BCUT2D eigenvalue weighted by molar-refractivity contribution is 0.324. The maximum Gasteiger partial charge on any atom is 0.121 e. The average molecular weight is 327 g/mol. The topological polar surface area (TPSA) is 31.9 Å². The fourth-order valence-electron chi connectivity index (χ4n) is 2.26. The van der Waals surface area contributed by atoms with Crippen molar-refractivity contribution in [2.75, 3.05) is 13.1 Å². The monoisotopic (exact) mass is 327 g/mol. The summed E-state index contributed by atoms with van der Waals surface area (Å²) in [5, 5.41) is 0. The van der Waals surface area contributed by atoms with Gasteiger partial charge in [0.05, 0.1) is 17.6 Å². The van der Waals surface area contributed by atoms with Crippen molar-refractivity contribution in [3.63, 3.8) is 0 Å². The van der Waals surface area contributed by atoms with Gasteiger partial charge in [0, 0.05) is 3.57 Å². The highest BCUT2D eigenvalue weighted by molar-refractivity contribution is 14.1. The molecule has 0 aliphatic carbocycles. The molecule has 1 aliphatic rings. The fourth-order valence-corrected chi connectivity index (χ4v) is 2.75. The van der Waals surface area contributed by atoms with Gasteiger partial charge in [-0.05, 0) is 66.7 Å². The number of H-pyrrole nitrogens is 1. The first kappa shape index (κ1) is 10.5. The predicted molar refractivity (Wildman–Crippen MR) is 73.3 cm³/mol. The molecule has 0 spiro atoms. The molecule has 1 aromatic carbocycles. The van der Waals surface area contributed by atoms with Gasteiger partial charge in [0.1, 0.15) is 5.82 Å². The number of benzene rings is 1. The molecule has 4 heteroatoms. The van der Waals surface area contributed by atoms with Crippen molar-refractivity contribution in [3.05, 3.63) is 27.6 Å². The van der Waals surface area contributed by atoms with Crippen LogP contribution in [0.3, 0.4) is 0 Å². The summed E-state index contributed by atoms with van der Waals surface area (Å²) in [6.45, 7) is 3.40. The van der Waals surface area contributed by atoms with E-state index in [1.54, 1.807) is 0 Å². The molecule has 0 bridgehead atoms. The molecule has 2 aromatic rings. The van der Waals surface area contributed by atoms with E-state index in [0.717, 1.165) is 23.4 Å². The van der Waals surface area contributed by atoms with E-state index in [4.69, 9.17) is 0 Å². The molecule has 0 saturated carbocycles. The molecule has 3 nitrogen and oxygen atoms in total. The number of hydrogen-bond acceptors (Lipinski definition) is 2. The van der Waals surface area contributed by atoms with Gasteiger partial charge in [0.25, 0.3) is 0 Å². The van der Waals surface area contributed by atoms with Gasteiger partial charge < -0.3 is 4.98 Å². The Hall–Kier alpha value is -0.620. The van der Waals surface area contributed by atoms with Crippen molar-refractivity contribution in [1.82, 2.24) is 14.9 Å². The van der Waals surface area contributed by atoms with Crippen LogP contribution in [0, 0.1) is 3.57 Å². The molecule has 1 aliphatic heterocycles. The number of halogens is 1.